The zero-order valence-corrected chi connectivity index (χ0v) is 10.8. The average Bonchev–Trinajstić information content (AvgIpc) is 2.33. The topological polar surface area (TPSA) is 143 Å². The van der Waals surface area contributed by atoms with Gasteiger partial charge in [0.25, 0.3) is 0 Å². The molecule has 0 saturated carbocycles. The van der Waals surface area contributed by atoms with Gasteiger partial charge in [-0.05, 0) is 0 Å². The van der Waals surface area contributed by atoms with Crippen LogP contribution in [0.2, 0.25) is 0 Å². The largest absolute Gasteiger partial charge is 3.00 e. The minimum atomic E-state index is 0. The molecule has 0 aliphatic rings. The Morgan fingerprint density at radius 1 is 0.312 bits per heavy atom. The van der Waals surface area contributed by atoms with Gasteiger partial charge in [-0.3, -0.25) is 0 Å². The first-order chi connectivity index (χ1) is 6.00. The van der Waals surface area contributed by atoms with Gasteiger partial charge in [-0.1, -0.05) is 0 Å². The Morgan fingerprint density at radius 3 is 0.312 bits per heavy atom. The van der Waals surface area contributed by atoms with E-state index in [0.29, 0.717) is 0 Å². The van der Waals surface area contributed by atoms with Crippen molar-refractivity contribution >= 4 is 0 Å². The van der Waals surface area contributed by atoms with E-state index in [-0.39, 0.29) is 68.0 Å². The van der Waals surface area contributed by atoms with Crippen molar-refractivity contribution in [3.63, 3.8) is 0 Å². The molecule has 0 atom stereocenters. The van der Waals surface area contributed by atoms with Gasteiger partial charge in [-0.25, -0.2) is 0 Å². The number of hydrogen-bond donors (Lipinski definition) is 0. The van der Waals surface area contributed by atoms with Crippen molar-refractivity contribution in [2.24, 2.45) is 0 Å². The summed E-state index contributed by atoms with van der Waals surface area (Å²) in [5.74, 6) is 0. The first kappa shape index (κ1) is 117. The van der Waals surface area contributed by atoms with Crippen LogP contribution in [0.4, 0.5) is 0 Å². The van der Waals surface area contributed by atoms with Crippen LogP contribution < -0.4 is 0 Å². The Kier molecular flexibility index (Phi) is 17600. The Bertz CT molecular complexity index is 103. The van der Waals surface area contributed by atoms with Gasteiger partial charge in [0.15, 0.2) is 0 Å². The number of hydrogen-bond acceptors (Lipinski definition) is 6. The summed E-state index contributed by atoms with van der Waals surface area (Å²) in [5, 5.41) is 37.5. The molecule has 0 saturated heterocycles. The predicted molar refractivity (Wildman–Crippen MR) is 29.8 cm³/mol. The third kappa shape index (κ3) is 1890. The molecule has 16 heavy (non-hydrogen) atoms. The molecule has 0 aromatic heterocycles. The van der Waals surface area contributed by atoms with Crippen molar-refractivity contribution in [3.05, 3.63) is 39.4 Å². The maximum absolute atomic E-state index is 6.25. The molecule has 96 valence electrons. The molecule has 10 heteroatoms. The molecular formula is C6CoCu3N6. The summed E-state index contributed by atoms with van der Waals surface area (Å²) in [4.78, 5) is 0. The van der Waals surface area contributed by atoms with E-state index >= 15 is 0 Å². The maximum Gasteiger partial charge on any atom is 3.00 e. The summed E-state index contributed by atoms with van der Waals surface area (Å²) < 4.78 is 0. The normalized spacial score (nSPS) is 0.750. The predicted octanol–water partition coefficient (Wildman–Crippen LogP) is 0.568. The standard InChI is InChI=1S/6CN.Co.3Cu/c6*1-2;;;;/q6*-1;+3;3*+1. The quantitative estimate of drug-likeness (QED) is 0.425. The van der Waals surface area contributed by atoms with Gasteiger partial charge < -0.3 is 71.0 Å². The van der Waals surface area contributed by atoms with Crippen molar-refractivity contribution < 1.29 is 68.0 Å². The van der Waals surface area contributed by atoms with Crippen LogP contribution in [0, 0.1) is 71.0 Å². The first-order valence-corrected chi connectivity index (χ1v) is 1.34. The second-order valence-electron chi connectivity index (χ2n) is 0. The van der Waals surface area contributed by atoms with Gasteiger partial charge in [0.2, 0.25) is 0 Å². The molecule has 6 nitrogen and oxygen atoms in total. The Morgan fingerprint density at radius 2 is 0.312 bits per heavy atom. The van der Waals surface area contributed by atoms with E-state index in [1.165, 1.54) is 0 Å². The Balaban J connectivity index is -0.00000000321. The molecule has 0 amide bonds. The van der Waals surface area contributed by atoms with Crippen LogP contribution in [0.5, 0.6) is 0 Å². The van der Waals surface area contributed by atoms with Crippen LogP contribution in [0.15, 0.2) is 0 Å². The Labute approximate surface area is 138 Å². The third-order valence-corrected chi connectivity index (χ3v) is 0. The third-order valence-electron chi connectivity index (χ3n) is 0. The summed E-state index contributed by atoms with van der Waals surface area (Å²) in [6, 6.07) is 0. The van der Waals surface area contributed by atoms with E-state index in [0.717, 1.165) is 0 Å². The molecule has 0 aromatic carbocycles. The molecule has 0 aliphatic heterocycles. The summed E-state index contributed by atoms with van der Waals surface area (Å²) in [5.41, 5.74) is 0. The van der Waals surface area contributed by atoms with Crippen LogP contribution in [0.3, 0.4) is 0 Å². The molecule has 0 heterocycles. The van der Waals surface area contributed by atoms with Gasteiger partial charge in [0.1, 0.15) is 0 Å². The minimum Gasteiger partial charge on any atom is -0.512 e. The summed E-state index contributed by atoms with van der Waals surface area (Å²) >= 11 is 0. The molecule has 0 fully saturated rings. The zero-order chi connectivity index (χ0) is 12.0. The van der Waals surface area contributed by atoms with Gasteiger partial charge in [0, 0.05) is 0 Å². The second kappa shape index (κ2) is 2390. The van der Waals surface area contributed by atoms with Crippen molar-refractivity contribution in [2.45, 2.75) is 0 Å². The molecule has 0 radical (unpaired) electrons. The van der Waals surface area contributed by atoms with E-state index < -0.39 is 0 Å². The molecule has 0 N–H and O–H groups in total. The Hall–Kier alpha value is -0.995. The molecule has 0 unspecified atom stereocenters. The van der Waals surface area contributed by atoms with Gasteiger partial charge in [-0.15, -0.1) is 0 Å². The summed E-state index contributed by atoms with van der Waals surface area (Å²) in [7, 11) is 0. The van der Waals surface area contributed by atoms with Gasteiger partial charge in [0.05, 0.1) is 0 Å². The van der Waals surface area contributed by atoms with Crippen LogP contribution >= 0.6 is 0 Å². The zero-order valence-electron chi connectivity index (χ0n) is 6.92. The van der Waals surface area contributed by atoms with E-state index in [4.69, 9.17) is 71.0 Å². The molecule has 0 bridgehead atoms. The first-order valence-electron chi connectivity index (χ1n) is 1.34. The maximum atomic E-state index is 6.25. The van der Waals surface area contributed by atoms with E-state index in [1.54, 1.807) is 0 Å². The van der Waals surface area contributed by atoms with E-state index in [1.807, 2.05) is 0 Å². The second-order valence-corrected chi connectivity index (χ2v) is 0. The summed E-state index contributed by atoms with van der Waals surface area (Å²) in [6.07, 6.45) is 0. The molecular weight excluding hydrogens is 406 g/mol. The van der Waals surface area contributed by atoms with Crippen molar-refractivity contribution in [1.29, 1.82) is 31.6 Å². The number of nitrogens with zero attached hydrogens (tertiary/aromatic N) is 6. The summed E-state index contributed by atoms with van der Waals surface area (Å²) in [6.45, 7) is 28.5. The molecule has 0 rings (SSSR count). The molecule has 0 aliphatic carbocycles. The average molecular weight is 406 g/mol. The van der Waals surface area contributed by atoms with Crippen LogP contribution in [0.25, 0.3) is 0 Å². The SMILES string of the molecule is [C-]#N.[C-]#N.[C-]#N.[C-]#N.[C-]#N.[C-]#N.[Co+3].[Cu+].[Cu+].[Cu+]. The fourth-order valence-electron chi connectivity index (χ4n) is 0. The van der Waals surface area contributed by atoms with Crippen LogP contribution in [0.1, 0.15) is 0 Å². The fourth-order valence-corrected chi connectivity index (χ4v) is 0. The van der Waals surface area contributed by atoms with Crippen LogP contribution in [-0.4, -0.2) is 0 Å². The van der Waals surface area contributed by atoms with Gasteiger partial charge in [-0.2, -0.15) is 0 Å². The van der Waals surface area contributed by atoms with Crippen molar-refractivity contribution in [2.75, 3.05) is 0 Å². The monoisotopic (exact) mass is 404 g/mol. The minimum absolute atomic E-state index is 0. The van der Waals surface area contributed by atoms with Crippen molar-refractivity contribution in [3.8, 4) is 0 Å². The van der Waals surface area contributed by atoms with Crippen molar-refractivity contribution in [1.82, 2.24) is 0 Å². The number of rotatable bonds is 0. The molecule has 0 spiro atoms. The molecule has 0 aromatic rings. The van der Waals surface area contributed by atoms with E-state index in [2.05, 4.69) is 0 Å². The van der Waals surface area contributed by atoms with Crippen LogP contribution in [-0.2, 0) is 68.0 Å². The smallest absolute Gasteiger partial charge is 0.512 e. The van der Waals surface area contributed by atoms with Gasteiger partial charge >= 0.3 is 68.0 Å². The fraction of sp³-hybridized carbons (Fsp3) is 0. The van der Waals surface area contributed by atoms with E-state index in [9.17, 15) is 0 Å².